The first-order valence-corrected chi connectivity index (χ1v) is 8.78. The number of hydrogen-bond acceptors (Lipinski definition) is 6. The number of carbonyl (C=O) groups excluding carboxylic acids is 1. The van der Waals surface area contributed by atoms with Crippen molar-refractivity contribution in [3.63, 3.8) is 0 Å². The fourth-order valence-corrected chi connectivity index (χ4v) is 4.44. The lowest BCUT2D eigenvalue weighted by molar-refractivity contribution is -0.384. The lowest BCUT2D eigenvalue weighted by Crippen LogP contribution is -2.28. The molecule has 7 nitrogen and oxygen atoms in total. The number of rotatable bonds is 6. The van der Waals surface area contributed by atoms with Crippen LogP contribution in [-0.2, 0) is 4.79 Å². The van der Waals surface area contributed by atoms with E-state index in [0.29, 0.717) is 23.6 Å². The van der Waals surface area contributed by atoms with Crippen molar-refractivity contribution in [1.29, 1.82) is 0 Å². The highest BCUT2D eigenvalue weighted by atomic mass is 16.6. The third kappa shape index (κ3) is 3.05. The van der Waals surface area contributed by atoms with Crippen molar-refractivity contribution in [3.8, 4) is 0 Å². The zero-order valence-electron chi connectivity index (χ0n) is 15.1. The Morgan fingerprint density at radius 2 is 2.00 bits per heavy atom. The van der Waals surface area contributed by atoms with Gasteiger partial charge in [0.2, 0.25) is 0 Å². The predicted molar refractivity (Wildman–Crippen MR) is 95.9 cm³/mol. The summed E-state index contributed by atoms with van der Waals surface area (Å²) in [7, 11) is 0. The van der Waals surface area contributed by atoms with Crippen LogP contribution < -0.4 is 0 Å². The fourth-order valence-electron chi connectivity index (χ4n) is 4.44. The van der Waals surface area contributed by atoms with Gasteiger partial charge in [-0.25, -0.2) is 0 Å². The molecule has 5 atom stereocenters. The fraction of sp³-hybridized carbons (Fsp3) is 0.579. The van der Waals surface area contributed by atoms with Gasteiger partial charge in [-0.05, 0) is 41.9 Å². The normalized spacial score (nSPS) is 29.2. The Morgan fingerprint density at radius 1 is 1.38 bits per heavy atom. The molecule has 0 spiro atoms. The van der Waals surface area contributed by atoms with E-state index in [2.05, 4.69) is 18.8 Å². The summed E-state index contributed by atoms with van der Waals surface area (Å²) >= 11 is 0. The summed E-state index contributed by atoms with van der Waals surface area (Å²) in [5, 5.41) is 30.9. The molecule has 2 aliphatic carbocycles. The molecule has 1 aromatic carbocycles. The van der Waals surface area contributed by atoms with E-state index in [0.717, 1.165) is 0 Å². The molecule has 140 valence electrons. The van der Waals surface area contributed by atoms with Crippen LogP contribution in [-0.4, -0.2) is 39.3 Å². The molecule has 7 heteroatoms. The van der Waals surface area contributed by atoms with Crippen molar-refractivity contribution >= 4 is 17.2 Å². The summed E-state index contributed by atoms with van der Waals surface area (Å²) in [5.74, 6) is 0.627. The Kier molecular flexibility index (Phi) is 4.71. The van der Waals surface area contributed by atoms with Gasteiger partial charge >= 0.3 is 0 Å². The van der Waals surface area contributed by atoms with Gasteiger partial charge in [0.05, 0.1) is 17.4 Å². The van der Waals surface area contributed by atoms with Crippen molar-refractivity contribution in [1.82, 2.24) is 0 Å². The predicted octanol–water partition coefficient (Wildman–Crippen LogP) is 2.31. The van der Waals surface area contributed by atoms with E-state index in [1.807, 2.05) is 0 Å². The van der Waals surface area contributed by atoms with Crippen LogP contribution in [0.2, 0.25) is 0 Å². The molecule has 1 aromatic rings. The molecular formula is C19H24N2O5. The van der Waals surface area contributed by atoms with Crippen LogP contribution in [0.5, 0.6) is 0 Å². The van der Waals surface area contributed by atoms with Gasteiger partial charge in [-0.1, -0.05) is 13.8 Å². The average molecular weight is 360 g/mol. The number of Topliss-reactive ketones (excluding diaryl/α,β-unsaturated/α-hetero) is 1. The summed E-state index contributed by atoms with van der Waals surface area (Å²) in [6.45, 7) is 5.72. The van der Waals surface area contributed by atoms with Crippen molar-refractivity contribution in [2.75, 3.05) is 6.61 Å². The molecule has 2 saturated carbocycles. The molecule has 1 unspecified atom stereocenters. The van der Waals surface area contributed by atoms with E-state index in [4.69, 9.17) is 0 Å². The first-order valence-electron chi connectivity index (χ1n) is 8.78. The quantitative estimate of drug-likeness (QED) is 0.459. The van der Waals surface area contributed by atoms with Crippen molar-refractivity contribution in [2.24, 2.45) is 28.2 Å². The summed E-state index contributed by atoms with van der Waals surface area (Å²) < 4.78 is 0. The number of hydrogen-bond donors (Lipinski definition) is 2. The van der Waals surface area contributed by atoms with E-state index < -0.39 is 17.1 Å². The Balaban J connectivity index is 1.78. The first kappa shape index (κ1) is 18.7. The Labute approximate surface area is 151 Å². The first-order chi connectivity index (χ1) is 12.2. The third-order valence-electron chi connectivity index (χ3n) is 6.08. The maximum absolute atomic E-state index is 12.3. The molecule has 0 bridgehead atoms. The summed E-state index contributed by atoms with van der Waals surface area (Å²) in [6.07, 6.45) is -0.528. The van der Waals surface area contributed by atoms with Crippen molar-refractivity contribution < 1.29 is 19.9 Å². The van der Waals surface area contributed by atoms with Crippen LogP contribution in [0.4, 0.5) is 5.69 Å². The molecule has 26 heavy (non-hydrogen) atoms. The van der Waals surface area contributed by atoms with Crippen LogP contribution in [0.25, 0.3) is 0 Å². The number of aliphatic hydroxyl groups is 2. The molecule has 0 aromatic heterocycles. The van der Waals surface area contributed by atoms with E-state index in [1.165, 1.54) is 24.3 Å². The Bertz CT molecular complexity index is 756. The van der Waals surface area contributed by atoms with Crippen molar-refractivity contribution in [3.05, 3.63) is 39.9 Å². The van der Waals surface area contributed by atoms with Crippen LogP contribution >= 0.6 is 0 Å². The maximum atomic E-state index is 12.3. The zero-order valence-corrected chi connectivity index (χ0v) is 15.1. The number of ketones is 1. The van der Waals surface area contributed by atoms with Crippen LogP contribution in [0, 0.1) is 33.3 Å². The third-order valence-corrected chi connectivity index (χ3v) is 6.08. The highest BCUT2D eigenvalue weighted by Crippen LogP contribution is 2.68. The number of fused-ring (bicyclic) bond motifs is 1. The molecule has 0 radical (unpaired) electrons. The lowest BCUT2D eigenvalue weighted by atomic mass is 9.88. The maximum Gasteiger partial charge on any atom is 0.269 e. The number of nitrogens with zero attached hydrogens (tertiary/aromatic N) is 2. The standard InChI is InChI=1S/C19H24N2O5/c1-10(16-15(23)8-13-17(16)19(13,2)3)20-14(9-22)18(24)11-4-6-12(7-5-11)21(25)26/h4-7,13-14,16-18,22,24H,8-9H2,1-3H3/t13-,14+,16?,17-,18-/m1/s1. The minimum Gasteiger partial charge on any atom is -0.394 e. The van der Waals surface area contributed by atoms with Gasteiger partial charge in [-0.2, -0.15) is 0 Å². The largest absolute Gasteiger partial charge is 0.394 e. The highest BCUT2D eigenvalue weighted by Gasteiger charge is 2.67. The number of nitro groups is 1. The Morgan fingerprint density at radius 3 is 2.50 bits per heavy atom. The van der Waals surface area contributed by atoms with Gasteiger partial charge in [0.15, 0.2) is 0 Å². The van der Waals surface area contributed by atoms with Crippen LogP contribution in [0.1, 0.15) is 38.9 Å². The minimum atomic E-state index is -1.10. The molecule has 3 rings (SSSR count). The molecular weight excluding hydrogens is 336 g/mol. The minimum absolute atomic E-state index is 0.0697. The van der Waals surface area contributed by atoms with Gasteiger partial charge in [0, 0.05) is 24.3 Å². The molecule has 2 N–H and O–H groups in total. The number of non-ortho nitro benzene ring substituents is 1. The topological polar surface area (TPSA) is 113 Å². The van der Waals surface area contributed by atoms with Gasteiger partial charge < -0.3 is 10.2 Å². The Hall–Kier alpha value is -2.12. The van der Waals surface area contributed by atoms with Gasteiger partial charge in [0.25, 0.3) is 5.69 Å². The summed E-state index contributed by atoms with van der Waals surface area (Å²) in [6, 6.07) is 4.71. The van der Waals surface area contributed by atoms with E-state index in [-0.39, 0.29) is 35.3 Å². The van der Waals surface area contributed by atoms with E-state index in [9.17, 15) is 25.1 Å². The van der Waals surface area contributed by atoms with Crippen LogP contribution in [0.3, 0.4) is 0 Å². The molecule has 0 saturated heterocycles. The average Bonchev–Trinajstić information content (AvgIpc) is 2.94. The number of nitro benzene ring substituents is 1. The van der Waals surface area contributed by atoms with Gasteiger partial charge in [-0.3, -0.25) is 19.9 Å². The highest BCUT2D eigenvalue weighted by molar-refractivity contribution is 6.07. The SMILES string of the molecule is CC(=N[C@@H](CO)[C@H](O)c1ccc([N+](=O)[O-])cc1)C1C(=O)C[C@@H]2[C@H]1C2(C)C. The summed E-state index contributed by atoms with van der Waals surface area (Å²) in [4.78, 5) is 27.0. The summed E-state index contributed by atoms with van der Waals surface area (Å²) in [5.41, 5.74) is 1.16. The zero-order chi connectivity index (χ0) is 19.2. The number of benzene rings is 1. The van der Waals surface area contributed by atoms with Gasteiger partial charge in [0.1, 0.15) is 17.9 Å². The number of aliphatic imine (C=N–C) groups is 1. The second kappa shape index (κ2) is 6.55. The van der Waals surface area contributed by atoms with Crippen molar-refractivity contribution in [2.45, 2.75) is 39.3 Å². The molecule has 2 fully saturated rings. The number of carbonyl (C=O) groups is 1. The second-order valence-electron chi connectivity index (χ2n) is 7.92. The van der Waals surface area contributed by atoms with Crippen LogP contribution in [0.15, 0.2) is 29.3 Å². The molecule has 2 aliphatic rings. The second-order valence-corrected chi connectivity index (χ2v) is 7.92. The molecule has 0 amide bonds. The van der Waals surface area contributed by atoms with E-state index in [1.54, 1.807) is 6.92 Å². The smallest absolute Gasteiger partial charge is 0.269 e. The van der Waals surface area contributed by atoms with E-state index >= 15 is 0 Å². The molecule has 0 heterocycles. The molecule has 0 aliphatic heterocycles. The van der Waals surface area contributed by atoms with Gasteiger partial charge in [-0.15, -0.1) is 0 Å². The monoisotopic (exact) mass is 360 g/mol. The lowest BCUT2D eigenvalue weighted by Gasteiger charge is -2.22. The number of aliphatic hydroxyl groups excluding tert-OH is 2.